The second-order valence-electron chi connectivity index (χ2n) is 4.46. The number of rotatable bonds is 4. The average molecular weight is 274 g/mol. The van der Waals surface area contributed by atoms with Crippen LogP contribution in [0.3, 0.4) is 0 Å². The fourth-order valence-electron chi connectivity index (χ4n) is 2.29. The van der Waals surface area contributed by atoms with Crippen molar-refractivity contribution < 1.29 is 14.4 Å². The van der Waals surface area contributed by atoms with Crippen molar-refractivity contribution in [1.82, 2.24) is 10.0 Å². The van der Waals surface area contributed by atoms with Crippen molar-refractivity contribution in [2.45, 2.75) is 13.8 Å². The summed E-state index contributed by atoms with van der Waals surface area (Å²) in [4.78, 5) is 16.6. The number of benzene rings is 1. The first-order valence-electron chi connectivity index (χ1n) is 6.25. The quantitative estimate of drug-likeness (QED) is 0.871. The SMILES string of the molecule is CONC(=O)c1cc(C)n(-c2cccc(OC)c2)c1C. The summed E-state index contributed by atoms with van der Waals surface area (Å²) in [6, 6.07) is 9.54. The van der Waals surface area contributed by atoms with Crippen molar-refractivity contribution in [2.24, 2.45) is 0 Å². The average Bonchev–Trinajstić information content (AvgIpc) is 2.74. The zero-order valence-corrected chi connectivity index (χ0v) is 12.1. The number of nitrogens with zero attached hydrogens (tertiary/aromatic N) is 1. The summed E-state index contributed by atoms with van der Waals surface area (Å²) in [7, 11) is 3.05. The predicted molar refractivity (Wildman–Crippen MR) is 76.3 cm³/mol. The Morgan fingerprint density at radius 3 is 2.60 bits per heavy atom. The summed E-state index contributed by atoms with van der Waals surface area (Å²) in [6.45, 7) is 3.85. The molecule has 0 spiro atoms. The van der Waals surface area contributed by atoms with Crippen molar-refractivity contribution in [2.75, 3.05) is 14.2 Å². The van der Waals surface area contributed by atoms with Gasteiger partial charge in [0.05, 0.1) is 19.8 Å². The van der Waals surface area contributed by atoms with Crippen molar-refractivity contribution >= 4 is 5.91 Å². The van der Waals surface area contributed by atoms with E-state index in [2.05, 4.69) is 10.3 Å². The summed E-state index contributed by atoms with van der Waals surface area (Å²) in [5.41, 5.74) is 5.71. The Kier molecular flexibility index (Phi) is 4.10. The van der Waals surface area contributed by atoms with Crippen LogP contribution in [0.5, 0.6) is 5.75 Å². The summed E-state index contributed by atoms with van der Waals surface area (Å²) in [5, 5.41) is 0. The summed E-state index contributed by atoms with van der Waals surface area (Å²) < 4.78 is 7.24. The minimum atomic E-state index is -0.255. The van der Waals surface area contributed by atoms with Crippen molar-refractivity contribution in [3.8, 4) is 11.4 Å². The molecule has 0 bridgehead atoms. The van der Waals surface area contributed by atoms with Gasteiger partial charge in [0.1, 0.15) is 5.75 Å². The number of carbonyl (C=O) groups is 1. The summed E-state index contributed by atoms with van der Waals surface area (Å²) >= 11 is 0. The van der Waals surface area contributed by atoms with Gasteiger partial charge >= 0.3 is 0 Å². The summed E-state index contributed by atoms with van der Waals surface area (Å²) in [6.07, 6.45) is 0. The van der Waals surface area contributed by atoms with E-state index in [4.69, 9.17) is 4.74 Å². The molecule has 2 aromatic rings. The van der Waals surface area contributed by atoms with Crippen LogP contribution in [0.4, 0.5) is 0 Å². The maximum atomic E-state index is 11.9. The Morgan fingerprint density at radius 2 is 1.95 bits per heavy atom. The lowest BCUT2D eigenvalue weighted by atomic mass is 10.2. The van der Waals surface area contributed by atoms with Crippen LogP contribution in [0.15, 0.2) is 30.3 Å². The minimum absolute atomic E-state index is 0.255. The highest BCUT2D eigenvalue weighted by atomic mass is 16.6. The molecule has 20 heavy (non-hydrogen) atoms. The van der Waals surface area contributed by atoms with Gasteiger partial charge in [-0.2, -0.15) is 0 Å². The monoisotopic (exact) mass is 274 g/mol. The van der Waals surface area contributed by atoms with E-state index in [1.165, 1.54) is 7.11 Å². The molecule has 0 unspecified atom stereocenters. The first-order valence-corrected chi connectivity index (χ1v) is 6.25. The van der Waals surface area contributed by atoms with Gasteiger partial charge in [-0.05, 0) is 32.0 Å². The Morgan fingerprint density at radius 1 is 1.20 bits per heavy atom. The fraction of sp³-hybridized carbons (Fsp3) is 0.267. The maximum absolute atomic E-state index is 11.9. The highest BCUT2D eigenvalue weighted by Crippen LogP contribution is 2.23. The second-order valence-corrected chi connectivity index (χ2v) is 4.46. The number of aryl methyl sites for hydroxylation is 1. The largest absolute Gasteiger partial charge is 0.497 e. The zero-order chi connectivity index (χ0) is 14.7. The number of hydrogen-bond donors (Lipinski definition) is 1. The smallest absolute Gasteiger partial charge is 0.276 e. The molecule has 1 aromatic heterocycles. The molecule has 2 rings (SSSR count). The molecule has 0 aliphatic rings. The topological polar surface area (TPSA) is 52.5 Å². The number of carbonyl (C=O) groups excluding carboxylic acids is 1. The standard InChI is InChI=1S/C15H18N2O3/c1-10-8-14(15(18)16-20-4)11(2)17(10)12-6-5-7-13(9-12)19-3/h5-9H,1-4H3,(H,16,18). The van der Waals surface area contributed by atoms with E-state index in [0.717, 1.165) is 22.8 Å². The molecule has 0 fully saturated rings. The third-order valence-electron chi connectivity index (χ3n) is 3.18. The molecule has 1 amide bonds. The number of hydrogen-bond acceptors (Lipinski definition) is 3. The number of methoxy groups -OCH3 is 1. The molecule has 0 radical (unpaired) electrons. The van der Waals surface area contributed by atoms with E-state index < -0.39 is 0 Å². The fourth-order valence-corrected chi connectivity index (χ4v) is 2.29. The van der Waals surface area contributed by atoms with Crippen LogP contribution in [0.25, 0.3) is 5.69 Å². The van der Waals surface area contributed by atoms with Crippen LogP contribution in [0, 0.1) is 13.8 Å². The first-order chi connectivity index (χ1) is 9.58. The molecule has 1 N–H and O–H groups in total. The molecule has 0 aliphatic heterocycles. The molecule has 0 atom stereocenters. The van der Waals surface area contributed by atoms with Crippen LogP contribution in [0.1, 0.15) is 21.7 Å². The van der Waals surface area contributed by atoms with Crippen molar-refractivity contribution in [1.29, 1.82) is 0 Å². The van der Waals surface area contributed by atoms with Gasteiger partial charge in [-0.15, -0.1) is 0 Å². The lowest BCUT2D eigenvalue weighted by Crippen LogP contribution is -2.22. The molecule has 106 valence electrons. The van der Waals surface area contributed by atoms with Crippen LogP contribution < -0.4 is 10.2 Å². The van der Waals surface area contributed by atoms with Gasteiger partial charge in [-0.25, -0.2) is 5.48 Å². The Hall–Kier alpha value is -2.27. The Balaban J connectivity index is 2.49. The molecule has 5 heteroatoms. The highest BCUT2D eigenvalue weighted by molar-refractivity contribution is 5.95. The van der Waals surface area contributed by atoms with E-state index in [-0.39, 0.29) is 5.91 Å². The van der Waals surface area contributed by atoms with E-state index in [9.17, 15) is 4.79 Å². The molecule has 1 aromatic carbocycles. The van der Waals surface area contributed by atoms with Crippen LogP contribution >= 0.6 is 0 Å². The Labute approximate surface area is 118 Å². The number of hydroxylamine groups is 1. The van der Waals surface area contributed by atoms with Gasteiger partial charge in [0.15, 0.2) is 0 Å². The van der Waals surface area contributed by atoms with Crippen LogP contribution in [-0.2, 0) is 4.84 Å². The van der Waals surface area contributed by atoms with Crippen LogP contribution in [-0.4, -0.2) is 24.7 Å². The number of amides is 1. The van der Waals surface area contributed by atoms with Gasteiger partial charge in [0.25, 0.3) is 5.91 Å². The summed E-state index contributed by atoms with van der Waals surface area (Å²) in [5.74, 6) is 0.521. The minimum Gasteiger partial charge on any atom is -0.497 e. The van der Waals surface area contributed by atoms with Crippen molar-refractivity contribution in [3.63, 3.8) is 0 Å². The number of aromatic nitrogens is 1. The zero-order valence-electron chi connectivity index (χ0n) is 12.1. The lowest BCUT2D eigenvalue weighted by Gasteiger charge is -2.11. The molecular formula is C15H18N2O3. The third kappa shape index (κ3) is 2.53. The normalized spacial score (nSPS) is 10.4. The number of ether oxygens (including phenoxy) is 1. The van der Waals surface area contributed by atoms with E-state index in [1.54, 1.807) is 7.11 Å². The van der Waals surface area contributed by atoms with E-state index >= 15 is 0 Å². The Bertz CT molecular complexity index is 632. The lowest BCUT2D eigenvalue weighted by molar-refractivity contribution is 0.0537. The molecule has 0 saturated carbocycles. The number of nitrogens with one attached hydrogen (secondary N) is 1. The van der Waals surface area contributed by atoms with Crippen LogP contribution in [0.2, 0.25) is 0 Å². The molecular weight excluding hydrogens is 256 g/mol. The van der Waals surface area contributed by atoms with E-state index in [0.29, 0.717) is 5.56 Å². The second kappa shape index (κ2) is 5.79. The van der Waals surface area contributed by atoms with Gasteiger partial charge in [0, 0.05) is 23.1 Å². The van der Waals surface area contributed by atoms with E-state index in [1.807, 2.05) is 48.7 Å². The predicted octanol–water partition coefficient (Wildman–Crippen LogP) is 2.39. The maximum Gasteiger partial charge on any atom is 0.276 e. The van der Waals surface area contributed by atoms with Gasteiger partial charge in [0.2, 0.25) is 0 Å². The van der Waals surface area contributed by atoms with Crippen molar-refractivity contribution in [3.05, 3.63) is 47.3 Å². The molecule has 1 heterocycles. The highest BCUT2D eigenvalue weighted by Gasteiger charge is 2.16. The molecule has 0 saturated heterocycles. The first kappa shape index (κ1) is 14.1. The third-order valence-corrected chi connectivity index (χ3v) is 3.18. The van der Waals surface area contributed by atoms with Gasteiger partial charge in [-0.1, -0.05) is 6.07 Å². The van der Waals surface area contributed by atoms with Gasteiger partial charge in [-0.3, -0.25) is 9.63 Å². The molecule has 0 aliphatic carbocycles. The van der Waals surface area contributed by atoms with Gasteiger partial charge < -0.3 is 9.30 Å². The molecule has 5 nitrogen and oxygen atoms in total.